The van der Waals surface area contributed by atoms with Crippen molar-refractivity contribution in [3.05, 3.63) is 63.4 Å². The van der Waals surface area contributed by atoms with E-state index >= 15 is 0 Å². The van der Waals surface area contributed by atoms with Crippen LogP contribution in [-0.4, -0.2) is 9.97 Å². The summed E-state index contributed by atoms with van der Waals surface area (Å²) in [6.45, 7) is 1.91. The Balaban J connectivity index is 2.07. The molecule has 1 aromatic heterocycles. The number of hydrogen-bond acceptors (Lipinski definition) is 3. The van der Waals surface area contributed by atoms with Gasteiger partial charge in [-0.15, -0.1) is 0 Å². The van der Waals surface area contributed by atoms with Crippen LogP contribution in [0.1, 0.15) is 5.56 Å². The maximum absolute atomic E-state index is 12.0. The maximum Gasteiger partial charge on any atom is 0.260 e. The molecule has 0 aliphatic carbocycles. The third-order valence-corrected chi connectivity index (χ3v) is 3.54. The fraction of sp³-hybridized carbons (Fsp3) is 0.0667. The fourth-order valence-electron chi connectivity index (χ4n) is 2.02. The van der Waals surface area contributed by atoms with Crippen molar-refractivity contribution in [2.45, 2.75) is 6.92 Å². The van der Waals surface area contributed by atoms with Gasteiger partial charge in [0.15, 0.2) is 0 Å². The summed E-state index contributed by atoms with van der Waals surface area (Å²) in [5.74, 6) is 0.402. The second-order valence-corrected chi connectivity index (χ2v) is 4.88. The predicted molar refractivity (Wildman–Crippen MR) is 81.8 cm³/mol. The molecule has 0 aliphatic heterocycles. The van der Waals surface area contributed by atoms with Crippen molar-refractivity contribution in [3.8, 4) is 0 Å². The lowest BCUT2D eigenvalue weighted by Crippen LogP contribution is -2.11. The van der Waals surface area contributed by atoms with E-state index in [9.17, 15) is 4.79 Å². The SMILES string of the molecule is Cc1c(Cl)cccc1Nc1nc2ccccc2c(=O)[nH]1. The molecular formula is C15H12ClN3O. The minimum absolute atomic E-state index is 0.169. The highest BCUT2D eigenvalue weighted by Gasteiger charge is 2.06. The van der Waals surface area contributed by atoms with E-state index in [1.165, 1.54) is 0 Å². The number of aromatic nitrogens is 2. The van der Waals surface area contributed by atoms with Gasteiger partial charge in [-0.25, -0.2) is 4.98 Å². The predicted octanol–water partition coefficient (Wildman–Crippen LogP) is 3.63. The van der Waals surface area contributed by atoms with Crippen LogP contribution in [0.2, 0.25) is 5.02 Å². The number of H-pyrrole nitrogens is 1. The molecule has 0 unspecified atom stereocenters. The molecular weight excluding hydrogens is 274 g/mol. The van der Waals surface area contributed by atoms with Crippen LogP contribution in [0.5, 0.6) is 0 Å². The number of nitrogens with one attached hydrogen (secondary N) is 2. The number of halogens is 1. The highest BCUT2D eigenvalue weighted by molar-refractivity contribution is 6.31. The zero-order valence-electron chi connectivity index (χ0n) is 10.8. The van der Waals surface area contributed by atoms with Crippen molar-refractivity contribution in [2.75, 3.05) is 5.32 Å². The molecule has 0 spiro atoms. The average molecular weight is 286 g/mol. The van der Waals surface area contributed by atoms with Crippen molar-refractivity contribution < 1.29 is 0 Å². The number of para-hydroxylation sites is 1. The molecule has 0 aliphatic rings. The maximum atomic E-state index is 12.0. The van der Waals surface area contributed by atoms with Gasteiger partial charge in [-0.1, -0.05) is 29.8 Å². The van der Waals surface area contributed by atoms with E-state index in [1.807, 2.05) is 37.3 Å². The fourth-order valence-corrected chi connectivity index (χ4v) is 2.19. The molecule has 0 amide bonds. The van der Waals surface area contributed by atoms with E-state index in [4.69, 9.17) is 11.6 Å². The Kier molecular flexibility index (Phi) is 3.16. The van der Waals surface area contributed by atoms with Crippen LogP contribution in [-0.2, 0) is 0 Å². The van der Waals surface area contributed by atoms with Crippen LogP contribution in [0.3, 0.4) is 0 Å². The summed E-state index contributed by atoms with van der Waals surface area (Å²) in [5.41, 5.74) is 2.21. The van der Waals surface area contributed by atoms with Gasteiger partial charge in [0.2, 0.25) is 5.95 Å². The van der Waals surface area contributed by atoms with Gasteiger partial charge in [-0.2, -0.15) is 0 Å². The zero-order valence-corrected chi connectivity index (χ0v) is 11.5. The first-order valence-corrected chi connectivity index (χ1v) is 6.54. The number of hydrogen-bond donors (Lipinski definition) is 2. The molecule has 0 atom stereocenters. The summed E-state index contributed by atoms with van der Waals surface area (Å²) in [5, 5.41) is 4.33. The summed E-state index contributed by atoms with van der Waals surface area (Å²) < 4.78 is 0. The second kappa shape index (κ2) is 4.98. The van der Waals surface area contributed by atoms with E-state index in [0.717, 1.165) is 11.3 Å². The summed E-state index contributed by atoms with van der Waals surface area (Å²) in [4.78, 5) is 19.1. The lowest BCUT2D eigenvalue weighted by atomic mass is 10.2. The first-order valence-electron chi connectivity index (χ1n) is 6.16. The Labute approximate surface area is 120 Å². The Hall–Kier alpha value is -2.33. The third-order valence-electron chi connectivity index (χ3n) is 3.13. The van der Waals surface area contributed by atoms with Gasteiger partial charge in [-0.3, -0.25) is 9.78 Å². The Morgan fingerprint density at radius 3 is 2.80 bits per heavy atom. The van der Waals surface area contributed by atoms with Gasteiger partial charge in [0, 0.05) is 10.7 Å². The van der Waals surface area contributed by atoms with E-state index in [2.05, 4.69) is 15.3 Å². The van der Waals surface area contributed by atoms with E-state index < -0.39 is 0 Å². The Morgan fingerprint density at radius 2 is 1.95 bits per heavy atom. The Bertz CT molecular complexity index is 842. The topological polar surface area (TPSA) is 57.8 Å². The normalized spacial score (nSPS) is 10.7. The molecule has 2 N–H and O–H groups in total. The molecule has 0 bridgehead atoms. The first-order chi connectivity index (χ1) is 9.65. The van der Waals surface area contributed by atoms with Crippen molar-refractivity contribution in [2.24, 2.45) is 0 Å². The smallest absolute Gasteiger partial charge is 0.260 e. The van der Waals surface area contributed by atoms with Crippen LogP contribution in [0.15, 0.2) is 47.3 Å². The standard InChI is InChI=1S/C15H12ClN3O/c1-9-11(16)6-4-8-12(9)17-15-18-13-7-3-2-5-10(13)14(20)19-15/h2-8H,1H3,(H2,17,18,19,20). The molecule has 4 nitrogen and oxygen atoms in total. The summed E-state index contributed by atoms with van der Waals surface area (Å²) in [6, 6.07) is 12.8. The van der Waals surface area contributed by atoms with Crippen molar-refractivity contribution in [1.29, 1.82) is 0 Å². The summed E-state index contributed by atoms with van der Waals surface area (Å²) in [6.07, 6.45) is 0. The van der Waals surface area contributed by atoms with E-state index in [0.29, 0.717) is 21.9 Å². The minimum atomic E-state index is -0.169. The number of fused-ring (bicyclic) bond motifs is 1. The summed E-state index contributed by atoms with van der Waals surface area (Å²) in [7, 11) is 0. The van der Waals surface area contributed by atoms with Crippen LogP contribution in [0.25, 0.3) is 10.9 Å². The molecule has 1 heterocycles. The second-order valence-electron chi connectivity index (χ2n) is 4.47. The molecule has 100 valence electrons. The number of benzene rings is 2. The molecule has 0 fully saturated rings. The molecule has 3 rings (SSSR count). The van der Waals surface area contributed by atoms with Gasteiger partial charge in [0.05, 0.1) is 10.9 Å². The van der Waals surface area contributed by atoms with Gasteiger partial charge >= 0.3 is 0 Å². The molecule has 5 heteroatoms. The van der Waals surface area contributed by atoms with E-state index in [1.54, 1.807) is 12.1 Å². The molecule has 3 aromatic rings. The monoisotopic (exact) mass is 285 g/mol. The zero-order chi connectivity index (χ0) is 14.1. The first kappa shape index (κ1) is 12.7. The average Bonchev–Trinajstić information content (AvgIpc) is 2.44. The van der Waals surface area contributed by atoms with Crippen molar-refractivity contribution >= 4 is 34.1 Å². The molecule has 20 heavy (non-hydrogen) atoms. The quantitative estimate of drug-likeness (QED) is 0.756. The number of aromatic amines is 1. The van der Waals surface area contributed by atoms with Gasteiger partial charge in [0.25, 0.3) is 5.56 Å². The number of nitrogens with zero attached hydrogens (tertiary/aromatic N) is 1. The highest BCUT2D eigenvalue weighted by Crippen LogP contribution is 2.24. The van der Waals surface area contributed by atoms with Crippen molar-refractivity contribution in [1.82, 2.24) is 9.97 Å². The van der Waals surface area contributed by atoms with Crippen LogP contribution >= 0.6 is 11.6 Å². The van der Waals surface area contributed by atoms with Crippen LogP contribution in [0, 0.1) is 6.92 Å². The van der Waals surface area contributed by atoms with Gasteiger partial charge < -0.3 is 5.32 Å². The lowest BCUT2D eigenvalue weighted by Gasteiger charge is -2.10. The highest BCUT2D eigenvalue weighted by atomic mass is 35.5. The number of anilines is 2. The lowest BCUT2D eigenvalue weighted by molar-refractivity contribution is 1.17. The Morgan fingerprint density at radius 1 is 1.15 bits per heavy atom. The van der Waals surface area contributed by atoms with Crippen molar-refractivity contribution in [3.63, 3.8) is 0 Å². The summed E-state index contributed by atoms with van der Waals surface area (Å²) >= 11 is 6.07. The van der Waals surface area contributed by atoms with Crippen LogP contribution < -0.4 is 10.9 Å². The minimum Gasteiger partial charge on any atom is -0.325 e. The van der Waals surface area contributed by atoms with Crippen LogP contribution in [0.4, 0.5) is 11.6 Å². The van der Waals surface area contributed by atoms with Gasteiger partial charge in [-0.05, 0) is 36.8 Å². The molecule has 0 saturated carbocycles. The molecule has 2 aromatic carbocycles. The largest absolute Gasteiger partial charge is 0.325 e. The molecule has 0 radical (unpaired) electrons. The third kappa shape index (κ3) is 2.26. The van der Waals surface area contributed by atoms with Gasteiger partial charge in [0.1, 0.15) is 0 Å². The van der Waals surface area contributed by atoms with E-state index in [-0.39, 0.29) is 5.56 Å². The molecule has 0 saturated heterocycles. The number of rotatable bonds is 2.